The van der Waals surface area contributed by atoms with E-state index in [2.05, 4.69) is 20.1 Å². The van der Waals surface area contributed by atoms with E-state index >= 15 is 0 Å². The van der Waals surface area contributed by atoms with Gasteiger partial charge in [0.2, 0.25) is 0 Å². The van der Waals surface area contributed by atoms with Crippen LogP contribution in [0.5, 0.6) is 0 Å². The van der Waals surface area contributed by atoms with E-state index in [0.29, 0.717) is 35.7 Å². The normalized spacial score (nSPS) is 18.3. The Hall–Kier alpha value is -4.20. The van der Waals surface area contributed by atoms with Crippen molar-refractivity contribution in [3.05, 3.63) is 108 Å². The van der Waals surface area contributed by atoms with Crippen LogP contribution >= 0.6 is 0 Å². The molecule has 3 aromatic rings. The number of nitrogens with zero attached hydrogens (tertiary/aromatic N) is 4. The Balaban J connectivity index is 0.00000423. The third-order valence-electron chi connectivity index (χ3n) is 8.43. The molecule has 9 heteroatoms. The third-order valence-corrected chi connectivity index (χ3v) is 8.43. The number of allylic oxidation sites excluding steroid dienone is 1. The molecule has 0 saturated carbocycles. The quantitative estimate of drug-likeness (QED) is 0.366. The van der Waals surface area contributed by atoms with E-state index < -0.39 is 11.9 Å². The standard InChI is InChI=1S/C34H34N4O4.Fe/c1-7-21-17(3)25-13-26-19(5)23(9-11-33(39)40)31(37-26)16-32-24(10-12-34(41)42)20(6)28(38-32)15-30-22(8-2)18(4)27(36-30)14-29(21)35-25;/h7-8,14-16,25H,1-2,9-13H2,3-6H3,(H,39,40)(H,41,42);/q-4;+4/b28-15-,29-14-,32-16-;/t25-;/m0./s1. The predicted molar refractivity (Wildman–Crippen MR) is 164 cm³/mol. The summed E-state index contributed by atoms with van der Waals surface area (Å²) in [6.07, 6.45) is 10.5. The molecular weight excluding hydrogens is 584 g/mol. The Bertz CT molecular complexity index is 1830. The second kappa shape index (κ2) is 12.6. The van der Waals surface area contributed by atoms with Crippen LogP contribution in [-0.2, 0) is 45.9 Å². The Kier molecular flexibility index (Phi) is 9.28. The van der Waals surface area contributed by atoms with E-state index in [4.69, 9.17) is 20.3 Å². The summed E-state index contributed by atoms with van der Waals surface area (Å²) in [5.41, 5.74) is 11.3. The van der Waals surface area contributed by atoms with Crippen molar-refractivity contribution >= 4 is 36.2 Å². The van der Waals surface area contributed by atoms with Gasteiger partial charge in [-0.1, -0.05) is 89.4 Å². The maximum Gasteiger partial charge on any atom is 4.00 e. The van der Waals surface area contributed by atoms with Crippen molar-refractivity contribution < 1.29 is 36.9 Å². The Morgan fingerprint density at radius 3 is 2.09 bits per heavy atom. The Morgan fingerprint density at radius 2 is 1.47 bits per heavy atom. The monoisotopic (exact) mass is 618 g/mol. The summed E-state index contributed by atoms with van der Waals surface area (Å²) in [7, 11) is 0. The molecule has 5 heterocycles. The second-order valence-corrected chi connectivity index (χ2v) is 10.9. The molecule has 222 valence electrons. The Morgan fingerprint density at radius 1 is 0.814 bits per heavy atom. The summed E-state index contributed by atoms with van der Waals surface area (Å²) in [4.78, 5) is 37.9. The molecular formula is C34H34FeN4O4. The second-order valence-electron chi connectivity index (χ2n) is 10.9. The molecule has 2 N–H and O–H groups in total. The predicted octanol–water partition coefficient (Wildman–Crippen LogP) is 3.97. The van der Waals surface area contributed by atoms with E-state index in [1.165, 1.54) is 0 Å². The molecule has 0 unspecified atom stereocenters. The van der Waals surface area contributed by atoms with Crippen LogP contribution in [0.2, 0.25) is 0 Å². The summed E-state index contributed by atoms with van der Waals surface area (Å²) < 4.78 is 0. The first-order chi connectivity index (χ1) is 20.0. The van der Waals surface area contributed by atoms with Gasteiger partial charge >= 0.3 is 29.0 Å². The summed E-state index contributed by atoms with van der Waals surface area (Å²) in [5.74, 6) is -1.77. The zero-order valence-electron chi connectivity index (χ0n) is 24.8. The summed E-state index contributed by atoms with van der Waals surface area (Å²) in [6.45, 7) is 16.1. The molecule has 0 saturated heterocycles. The van der Waals surface area contributed by atoms with Crippen molar-refractivity contribution in [2.45, 2.75) is 65.8 Å². The molecule has 0 aliphatic carbocycles. The van der Waals surface area contributed by atoms with Gasteiger partial charge in [0.05, 0.1) is 0 Å². The fraction of sp³-hybridized carbons (Fsp3) is 0.294. The zero-order valence-corrected chi connectivity index (χ0v) is 25.9. The fourth-order valence-electron chi connectivity index (χ4n) is 5.94. The minimum atomic E-state index is -0.891. The number of hydrogen-bond donors (Lipinski definition) is 2. The van der Waals surface area contributed by atoms with E-state index in [1.54, 1.807) is 6.08 Å². The molecule has 43 heavy (non-hydrogen) atoms. The van der Waals surface area contributed by atoms with Crippen LogP contribution in [0, 0.1) is 20.8 Å². The average molecular weight is 619 g/mol. The van der Waals surface area contributed by atoms with Crippen LogP contribution in [0.4, 0.5) is 0 Å². The van der Waals surface area contributed by atoms with Crippen LogP contribution in [0.25, 0.3) is 29.6 Å². The van der Waals surface area contributed by atoms with Crippen LogP contribution in [0.3, 0.4) is 0 Å². The first kappa shape index (κ1) is 31.7. The van der Waals surface area contributed by atoms with Gasteiger partial charge in [-0.3, -0.25) is 9.59 Å². The molecule has 0 radical (unpaired) electrons. The molecule has 0 aromatic carbocycles. The number of carboxylic acid groups (broad SMARTS) is 2. The van der Waals surface area contributed by atoms with Crippen molar-refractivity contribution in [1.29, 1.82) is 0 Å². The van der Waals surface area contributed by atoms with Gasteiger partial charge in [0, 0.05) is 12.8 Å². The Labute approximate surface area is 261 Å². The molecule has 2 aliphatic heterocycles. The van der Waals surface area contributed by atoms with Gasteiger partial charge in [-0.15, -0.1) is 33.5 Å². The third kappa shape index (κ3) is 6.01. The largest absolute Gasteiger partial charge is 4.00 e. The van der Waals surface area contributed by atoms with Gasteiger partial charge < -0.3 is 30.5 Å². The SMILES string of the molecule is C=CC1=C(C)[C@@H]2Cc3[n-]c(c(CCC(=O)O)c3C)/C=c3\[n-]/c(c(C)c3CCC(=O)O)=C\c3[n-]c(c(C)c3C=C)/C=C/1[N-]2.[Fe+4]. The minimum absolute atomic E-state index is 0. The molecule has 5 rings (SSSR count). The van der Waals surface area contributed by atoms with Crippen molar-refractivity contribution in [2.75, 3.05) is 0 Å². The number of hydrogen-bond acceptors (Lipinski definition) is 2. The van der Waals surface area contributed by atoms with Crippen molar-refractivity contribution in [1.82, 2.24) is 15.0 Å². The van der Waals surface area contributed by atoms with E-state index in [0.717, 1.165) is 67.3 Å². The summed E-state index contributed by atoms with van der Waals surface area (Å²) in [5, 5.41) is 25.3. The van der Waals surface area contributed by atoms with Crippen LogP contribution in [0.1, 0.15) is 75.9 Å². The van der Waals surface area contributed by atoms with Gasteiger partial charge in [-0.2, -0.15) is 5.69 Å². The number of carboxylic acids is 2. The van der Waals surface area contributed by atoms with E-state index in [1.807, 2.05) is 45.1 Å². The number of carbonyl (C=O) groups is 2. The first-order valence-electron chi connectivity index (χ1n) is 14.0. The molecule has 8 bridgehead atoms. The number of aromatic nitrogens is 3. The van der Waals surface area contributed by atoms with Gasteiger partial charge in [-0.25, -0.2) is 0 Å². The molecule has 0 spiro atoms. The number of rotatable bonds is 8. The van der Waals surface area contributed by atoms with Crippen LogP contribution in [0.15, 0.2) is 36.1 Å². The maximum atomic E-state index is 11.5. The number of fused-ring (bicyclic) bond motifs is 8. The zero-order chi connectivity index (χ0) is 30.3. The van der Waals surface area contributed by atoms with Gasteiger partial charge in [0.1, 0.15) is 0 Å². The summed E-state index contributed by atoms with van der Waals surface area (Å²) >= 11 is 0. The topological polar surface area (TPSA) is 131 Å². The van der Waals surface area contributed by atoms with Crippen molar-refractivity contribution in [2.24, 2.45) is 0 Å². The smallest absolute Gasteiger partial charge is 0.678 e. The fourth-order valence-corrected chi connectivity index (χ4v) is 5.94. The van der Waals surface area contributed by atoms with Crippen molar-refractivity contribution in [3.63, 3.8) is 0 Å². The average Bonchev–Trinajstić information content (AvgIpc) is 3.59. The molecule has 1 atom stereocenters. The van der Waals surface area contributed by atoms with Gasteiger partial charge in [0.25, 0.3) is 0 Å². The molecule has 8 nitrogen and oxygen atoms in total. The van der Waals surface area contributed by atoms with E-state index in [9.17, 15) is 19.8 Å². The molecule has 2 aliphatic rings. The minimum Gasteiger partial charge on any atom is -0.678 e. The van der Waals surface area contributed by atoms with Crippen LogP contribution < -0.4 is 25.7 Å². The van der Waals surface area contributed by atoms with Crippen LogP contribution in [-0.4, -0.2) is 28.2 Å². The molecule has 0 fully saturated rings. The molecule has 0 amide bonds. The van der Waals surface area contributed by atoms with E-state index in [-0.39, 0.29) is 36.0 Å². The summed E-state index contributed by atoms with van der Waals surface area (Å²) in [6, 6.07) is -0.150. The van der Waals surface area contributed by atoms with Gasteiger partial charge in [0.15, 0.2) is 0 Å². The maximum absolute atomic E-state index is 11.5. The number of aliphatic carboxylic acids is 2. The first-order valence-corrected chi connectivity index (χ1v) is 14.0. The van der Waals surface area contributed by atoms with Crippen molar-refractivity contribution in [3.8, 4) is 0 Å². The molecule has 3 aromatic heterocycles. The van der Waals surface area contributed by atoms with Gasteiger partial charge in [-0.05, 0) is 51.7 Å².